The van der Waals surface area contributed by atoms with Gasteiger partial charge in [0, 0.05) is 30.3 Å². The minimum atomic E-state index is -0.368. The third-order valence-electron chi connectivity index (χ3n) is 5.93. The van der Waals surface area contributed by atoms with E-state index in [9.17, 15) is 14.0 Å². The zero-order chi connectivity index (χ0) is 22.8. The van der Waals surface area contributed by atoms with E-state index in [1.165, 1.54) is 18.5 Å². The van der Waals surface area contributed by atoms with Gasteiger partial charge in [0.15, 0.2) is 17.8 Å². The molecule has 4 aromatic rings. The molecule has 0 aliphatic carbocycles. The van der Waals surface area contributed by atoms with Crippen LogP contribution in [0.5, 0.6) is 0 Å². The van der Waals surface area contributed by atoms with E-state index in [-0.39, 0.29) is 29.4 Å². The largest absolute Gasteiger partial charge is 0.443 e. The maximum Gasteiger partial charge on any atom is 0.276 e. The van der Waals surface area contributed by atoms with Crippen LogP contribution in [0.15, 0.2) is 77.5 Å². The van der Waals surface area contributed by atoms with Crippen LogP contribution in [0, 0.1) is 5.82 Å². The van der Waals surface area contributed by atoms with Crippen molar-refractivity contribution in [3.8, 4) is 11.3 Å². The van der Waals surface area contributed by atoms with Crippen LogP contribution in [0.3, 0.4) is 0 Å². The number of benzene rings is 3. The number of nitrogens with one attached hydrogen (secondary N) is 1. The fourth-order valence-corrected chi connectivity index (χ4v) is 4.23. The van der Waals surface area contributed by atoms with Gasteiger partial charge in [-0.05, 0) is 60.0 Å². The molecule has 166 valence electrons. The van der Waals surface area contributed by atoms with Gasteiger partial charge >= 0.3 is 0 Å². The Morgan fingerprint density at radius 3 is 2.64 bits per heavy atom. The zero-order valence-electron chi connectivity index (χ0n) is 17.8. The number of oxazole rings is 1. The number of hydrogen-bond donors (Lipinski definition) is 1. The first-order valence-electron chi connectivity index (χ1n) is 10.9. The second kappa shape index (κ2) is 8.86. The number of carbonyl (C=O) groups is 2. The number of hydrogen-bond acceptors (Lipinski definition) is 4. The zero-order valence-corrected chi connectivity index (χ0v) is 17.8. The van der Waals surface area contributed by atoms with Crippen LogP contribution >= 0.6 is 0 Å². The van der Waals surface area contributed by atoms with Gasteiger partial charge < -0.3 is 14.6 Å². The van der Waals surface area contributed by atoms with Crippen molar-refractivity contribution >= 4 is 22.6 Å². The van der Waals surface area contributed by atoms with Gasteiger partial charge in [-0.3, -0.25) is 9.59 Å². The lowest BCUT2D eigenvalue weighted by Crippen LogP contribution is -2.49. The minimum absolute atomic E-state index is 0.159. The van der Waals surface area contributed by atoms with E-state index in [1.807, 2.05) is 42.5 Å². The summed E-state index contributed by atoms with van der Waals surface area (Å²) in [6.07, 6.45) is 2.76. The lowest BCUT2D eigenvalue weighted by molar-refractivity contribution is 0.0671. The van der Waals surface area contributed by atoms with Gasteiger partial charge in [0.2, 0.25) is 0 Å². The normalized spacial score (nSPS) is 16.0. The van der Waals surface area contributed by atoms with Gasteiger partial charge in [-0.25, -0.2) is 9.37 Å². The molecule has 0 saturated carbocycles. The van der Waals surface area contributed by atoms with Crippen LogP contribution in [0.2, 0.25) is 0 Å². The Labute approximate surface area is 190 Å². The van der Waals surface area contributed by atoms with Gasteiger partial charge in [0.1, 0.15) is 5.82 Å². The SMILES string of the molecule is O=C(NC1CCCN(C(=O)c2ncoc2-c2ccc(F)cc2)C1)c1ccc2ccccc2c1. The summed E-state index contributed by atoms with van der Waals surface area (Å²) in [5.41, 5.74) is 1.35. The molecular formula is C26H22FN3O3. The Kier molecular flexibility index (Phi) is 5.60. The number of carbonyl (C=O) groups excluding carboxylic acids is 2. The van der Waals surface area contributed by atoms with E-state index in [2.05, 4.69) is 10.3 Å². The van der Waals surface area contributed by atoms with E-state index in [0.717, 1.165) is 23.6 Å². The molecule has 1 fully saturated rings. The highest BCUT2D eigenvalue weighted by atomic mass is 19.1. The molecule has 33 heavy (non-hydrogen) atoms. The molecule has 7 heteroatoms. The highest BCUT2D eigenvalue weighted by Crippen LogP contribution is 2.25. The maximum atomic E-state index is 13.3. The van der Waals surface area contributed by atoms with Crippen LogP contribution in [-0.2, 0) is 0 Å². The molecule has 6 nitrogen and oxygen atoms in total. The molecule has 0 spiro atoms. The summed E-state index contributed by atoms with van der Waals surface area (Å²) < 4.78 is 18.7. The maximum absolute atomic E-state index is 13.3. The molecule has 1 aliphatic rings. The number of rotatable bonds is 4. The molecule has 1 aromatic heterocycles. The van der Waals surface area contributed by atoms with E-state index in [1.54, 1.807) is 17.0 Å². The number of likely N-dealkylation sites (tertiary alicyclic amines) is 1. The Morgan fingerprint density at radius 2 is 1.82 bits per heavy atom. The highest BCUT2D eigenvalue weighted by molar-refractivity contribution is 5.99. The molecule has 0 bridgehead atoms. The summed E-state index contributed by atoms with van der Waals surface area (Å²) in [5, 5.41) is 5.15. The first kappa shape index (κ1) is 20.9. The van der Waals surface area contributed by atoms with E-state index < -0.39 is 0 Å². The van der Waals surface area contributed by atoms with Gasteiger partial charge in [-0.2, -0.15) is 0 Å². The smallest absolute Gasteiger partial charge is 0.276 e. The van der Waals surface area contributed by atoms with Crippen LogP contribution < -0.4 is 5.32 Å². The summed E-state index contributed by atoms with van der Waals surface area (Å²) in [4.78, 5) is 31.8. The van der Waals surface area contributed by atoms with Crippen molar-refractivity contribution in [2.24, 2.45) is 0 Å². The van der Waals surface area contributed by atoms with Crippen LogP contribution in [-0.4, -0.2) is 40.8 Å². The lowest BCUT2D eigenvalue weighted by atomic mass is 10.0. The van der Waals surface area contributed by atoms with Crippen molar-refractivity contribution in [3.63, 3.8) is 0 Å². The molecule has 1 aliphatic heterocycles. The monoisotopic (exact) mass is 443 g/mol. The van der Waals surface area contributed by atoms with Crippen molar-refractivity contribution in [1.29, 1.82) is 0 Å². The van der Waals surface area contributed by atoms with Gasteiger partial charge in [0.25, 0.3) is 11.8 Å². The van der Waals surface area contributed by atoms with Crippen molar-refractivity contribution in [1.82, 2.24) is 15.2 Å². The van der Waals surface area contributed by atoms with Gasteiger partial charge in [0.05, 0.1) is 0 Å². The number of halogens is 1. The standard InChI is InChI=1S/C26H22FN3O3/c27-21-11-9-18(10-12-21)24-23(28-16-33-24)26(32)30-13-3-6-22(15-30)29-25(31)20-8-7-17-4-1-2-5-19(17)14-20/h1-2,4-5,7-12,14,16,22H,3,6,13,15H2,(H,29,31). The third-order valence-corrected chi connectivity index (χ3v) is 5.93. The van der Waals surface area contributed by atoms with E-state index in [4.69, 9.17) is 4.42 Å². The first-order valence-corrected chi connectivity index (χ1v) is 10.9. The molecule has 1 atom stereocenters. The Bertz CT molecular complexity index is 1320. The van der Waals surface area contributed by atoms with Crippen LogP contribution in [0.4, 0.5) is 4.39 Å². The summed E-state index contributed by atoms with van der Waals surface area (Å²) in [6.45, 7) is 0.949. The quantitative estimate of drug-likeness (QED) is 0.497. The molecule has 2 amide bonds. The number of piperidine rings is 1. The Hall–Kier alpha value is -4.00. The highest BCUT2D eigenvalue weighted by Gasteiger charge is 2.29. The molecular weight excluding hydrogens is 421 g/mol. The van der Waals surface area contributed by atoms with Crippen molar-refractivity contribution in [2.75, 3.05) is 13.1 Å². The van der Waals surface area contributed by atoms with E-state index >= 15 is 0 Å². The van der Waals surface area contributed by atoms with Crippen molar-refractivity contribution in [2.45, 2.75) is 18.9 Å². The Morgan fingerprint density at radius 1 is 1.03 bits per heavy atom. The second-order valence-corrected chi connectivity index (χ2v) is 8.16. The average Bonchev–Trinajstić information content (AvgIpc) is 3.34. The number of aromatic nitrogens is 1. The topological polar surface area (TPSA) is 75.4 Å². The summed E-state index contributed by atoms with van der Waals surface area (Å²) in [6, 6.07) is 19.1. The van der Waals surface area contributed by atoms with Gasteiger partial charge in [-0.1, -0.05) is 30.3 Å². The van der Waals surface area contributed by atoms with Crippen LogP contribution in [0.25, 0.3) is 22.1 Å². The lowest BCUT2D eigenvalue weighted by Gasteiger charge is -2.33. The average molecular weight is 443 g/mol. The van der Waals surface area contributed by atoms with Crippen molar-refractivity contribution in [3.05, 3.63) is 90.2 Å². The Balaban J connectivity index is 1.29. The fourth-order valence-electron chi connectivity index (χ4n) is 4.23. The van der Waals surface area contributed by atoms with Gasteiger partial charge in [-0.15, -0.1) is 0 Å². The molecule has 5 rings (SSSR count). The van der Waals surface area contributed by atoms with Crippen LogP contribution in [0.1, 0.15) is 33.7 Å². The third kappa shape index (κ3) is 4.35. The first-order chi connectivity index (χ1) is 16.1. The predicted octanol–water partition coefficient (Wildman–Crippen LogP) is 4.67. The predicted molar refractivity (Wildman–Crippen MR) is 122 cm³/mol. The molecule has 2 heterocycles. The molecule has 1 N–H and O–H groups in total. The van der Waals surface area contributed by atoms with Crippen molar-refractivity contribution < 1.29 is 18.4 Å². The second-order valence-electron chi connectivity index (χ2n) is 8.16. The molecule has 1 unspecified atom stereocenters. The summed E-state index contributed by atoms with van der Waals surface area (Å²) >= 11 is 0. The number of amides is 2. The fraction of sp³-hybridized carbons (Fsp3) is 0.192. The number of nitrogens with zero attached hydrogens (tertiary/aromatic N) is 2. The summed E-state index contributed by atoms with van der Waals surface area (Å²) in [7, 11) is 0. The molecule has 1 saturated heterocycles. The summed E-state index contributed by atoms with van der Waals surface area (Å²) in [5.74, 6) is -0.490. The van der Waals surface area contributed by atoms with E-state index in [0.29, 0.717) is 30.0 Å². The minimum Gasteiger partial charge on any atom is -0.443 e. The molecule has 3 aromatic carbocycles. The molecule has 0 radical (unpaired) electrons. The number of fused-ring (bicyclic) bond motifs is 1.